The number of hydrogen-bond donors (Lipinski definition) is 1. The van der Waals surface area contributed by atoms with Crippen LogP contribution in [0.15, 0.2) is 54.7 Å². The van der Waals surface area contributed by atoms with Gasteiger partial charge in [-0.3, -0.25) is 9.78 Å². The summed E-state index contributed by atoms with van der Waals surface area (Å²) in [4.78, 5) is 29.5. The number of benzene rings is 2. The summed E-state index contributed by atoms with van der Waals surface area (Å²) in [7, 11) is 5.91. The fourth-order valence-electron chi connectivity index (χ4n) is 3.19. The average Bonchev–Trinajstić information content (AvgIpc) is 2.90. The smallest absolute Gasteiger partial charge is 1.00 e. The van der Waals surface area contributed by atoms with Gasteiger partial charge in [0.15, 0.2) is 28.8 Å². The van der Waals surface area contributed by atoms with Gasteiger partial charge in [-0.25, -0.2) is 4.79 Å². The molecule has 0 aliphatic heterocycles. The van der Waals surface area contributed by atoms with E-state index in [9.17, 15) is 9.59 Å². The molecule has 1 aromatic heterocycles. The van der Waals surface area contributed by atoms with E-state index in [2.05, 4.69) is 4.98 Å². The van der Waals surface area contributed by atoms with Gasteiger partial charge in [-0.15, -0.1) is 0 Å². The summed E-state index contributed by atoms with van der Waals surface area (Å²) in [6.45, 7) is 0.270. The summed E-state index contributed by atoms with van der Waals surface area (Å²) < 4.78 is 26.7. The van der Waals surface area contributed by atoms with Gasteiger partial charge < -0.3 is 54.2 Å². The number of carbonyl (C=O) groups is 2. The van der Waals surface area contributed by atoms with E-state index in [1.54, 1.807) is 48.5 Å². The van der Waals surface area contributed by atoms with Crippen LogP contribution in [0.3, 0.4) is 0 Å². The molecular weight excluding hydrogens is 718 g/mol. The molecule has 2 aromatic carbocycles. The van der Waals surface area contributed by atoms with Crippen molar-refractivity contribution in [3.8, 4) is 28.7 Å². The molecule has 0 fully saturated rings. The fourth-order valence-corrected chi connectivity index (χ4v) is 3.19. The van der Waals surface area contributed by atoms with E-state index in [-0.39, 0.29) is 69.5 Å². The molecular formula is C26H26Cl2N2O7Pt. The normalized spacial score (nSPS) is 9.82. The zero-order valence-corrected chi connectivity index (χ0v) is 24.7. The van der Waals surface area contributed by atoms with Crippen LogP contribution in [0, 0.1) is 0 Å². The van der Waals surface area contributed by atoms with Crippen molar-refractivity contribution in [1.82, 2.24) is 4.98 Å². The topological polar surface area (TPSA) is 119 Å². The number of nitrogens with two attached hydrogens (primary N) is 1. The summed E-state index contributed by atoms with van der Waals surface area (Å²) >= 11 is 0. The van der Waals surface area contributed by atoms with E-state index in [4.69, 9.17) is 29.4 Å². The molecule has 0 radical (unpaired) electrons. The minimum Gasteiger partial charge on any atom is -1.00 e. The Kier molecular flexibility index (Phi) is 15.3. The Labute approximate surface area is 247 Å². The first-order valence-electron chi connectivity index (χ1n) is 10.5. The van der Waals surface area contributed by atoms with Crippen molar-refractivity contribution < 1.29 is 79.2 Å². The molecule has 0 saturated carbocycles. The third-order valence-corrected chi connectivity index (χ3v) is 5.04. The molecule has 0 aliphatic rings. The molecule has 3 rings (SSSR count). The second-order valence-corrected chi connectivity index (χ2v) is 7.15. The maximum Gasteiger partial charge on any atom is 2.00 e. The summed E-state index contributed by atoms with van der Waals surface area (Å²) in [6.07, 6.45) is 4.39. The number of halogens is 2. The molecule has 0 aliphatic carbocycles. The molecule has 12 heteroatoms. The van der Waals surface area contributed by atoms with Crippen LogP contribution in [0.5, 0.6) is 28.7 Å². The number of nitrogens with zero attached hydrogens (tertiary/aromatic N) is 1. The van der Waals surface area contributed by atoms with E-state index in [1.807, 2.05) is 0 Å². The van der Waals surface area contributed by atoms with E-state index >= 15 is 0 Å². The van der Waals surface area contributed by atoms with Crippen molar-refractivity contribution in [2.45, 2.75) is 6.54 Å². The van der Waals surface area contributed by atoms with Crippen molar-refractivity contribution in [3.63, 3.8) is 0 Å². The Morgan fingerprint density at radius 3 is 1.95 bits per heavy atom. The minimum atomic E-state index is -0.603. The van der Waals surface area contributed by atoms with Crippen LogP contribution in [0.1, 0.15) is 32.0 Å². The maximum absolute atomic E-state index is 12.8. The number of pyridine rings is 1. The number of ketones is 1. The Balaban J connectivity index is 0.00000456. The molecule has 0 spiro atoms. The Morgan fingerprint density at radius 1 is 0.816 bits per heavy atom. The molecule has 206 valence electrons. The number of carbonyl (C=O) groups excluding carboxylic acids is 2. The van der Waals surface area contributed by atoms with Gasteiger partial charge in [0.25, 0.3) is 0 Å². The molecule has 0 unspecified atom stereocenters. The Bertz CT molecular complexity index is 1230. The van der Waals surface area contributed by atoms with Crippen molar-refractivity contribution in [3.05, 3.63) is 77.1 Å². The van der Waals surface area contributed by atoms with Gasteiger partial charge in [-0.1, -0.05) is 12.1 Å². The first kappa shape index (κ1) is 34.9. The number of esters is 1. The van der Waals surface area contributed by atoms with Gasteiger partial charge in [0, 0.05) is 18.3 Å². The van der Waals surface area contributed by atoms with Gasteiger partial charge in [-0.05, 0) is 48.0 Å². The fraction of sp³-hybridized carbons (Fsp3) is 0.192. The van der Waals surface area contributed by atoms with Crippen LogP contribution in [0.25, 0.3) is 6.08 Å². The second kappa shape index (κ2) is 16.7. The number of aromatic nitrogens is 1. The van der Waals surface area contributed by atoms with E-state index < -0.39 is 5.97 Å². The van der Waals surface area contributed by atoms with E-state index in [1.165, 1.54) is 40.7 Å². The SMILES string of the molecule is COc1ccc(/C=C/C(=O)c2cc(OC)c(OC)c(OC)c2)cc1OC(=O)c1ccc(CN)nc1.[Cl-].[Cl-].[Pt+2]. The number of rotatable bonds is 10. The molecule has 2 N–H and O–H groups in total. The first-order chi connectivity index (χ1) is 16.9. The van der Waals surface area contributed by atoms with Crippen LogP contribution in [-0.2, 0) is 27.6 Å². The van der Waals surface area contributed by atoms with Crippen LogP contribution >= 0.6 is 0 Å². The summed E-state index contributed by atoms with van der Waals surface area (Å²) in [6, 6.07) is 11.3. The molecule has 0 bridgehead atoms. The molecule has 3 aromatic rings. The molecule has 0 amide bonds. The van der Waals surface area contributed by atoms with Gasteiger partial charge in [-0.2, -0.15) is 0 Å². The van der Waals surface area contributed by atoms with Crippen molar-refractivity contribution in [1.29, 1.82) is 0 Å². The minimum absolute atomic E-state index is 0. The van der Waals surface area contributed by atoms with Gasteiger partial charge in [0.1, 0.15) is 0 Å². The van der Waals surface area contributed by atoms with E-state index in [0.29, 0.717) is 39.8 Å². The van der Waals surface area contributed by atoms with Gasteiger partial charge in [0.05, 0.1) is 39.7 Å². The molecule has 38 heavy (non-hydrogen) atoms. The summed E-state index contributed by atoms with van der Waals surface area (Å²) in [5.41, 5.74) is 7.43. The summed E-state index contributed by atoms with van der Waals surface area (Å²) in [5.74, 6) is 0.803. The van der Waals surface area contributed by atoms with Crippen LogP contribution in [0.4, 0.5) is 0 Å². The van der Waals surface area contributed by atoms with Crippen molar-refractivity contribution in [2.75, 3.05) is 28.4 Å². The second-order valence-electron chi connectivity index (χ2n) is 7.15. The first-order valence-corrected chi connectivity index (χ1v) is 10.5. The number of allylic oxidation sites excluding steroid dienone is 1. The van der Waals surface area contributed by atoms with Crippen LogP contribution < -0.4 is 54.2 Å². The zero-order valence-electron chi connectivity index (χ0n) is 20.9. The Morgan fingerprint density at radius 2 is 1.45 bits per heavy atom. The van der Waals surface area contributed by atoms with Crippen LogP contribution in [-0.4, -0.2) is 45.2 Å². The van der Waals surface area contributed by atoms with Crippen LogP contribution in [0.2, 0.25) is 0 Å². The van der Waals surface area contributed by atoms with E-state index in [0.717, 1.165) is 0 Å². The molecule has 0 atom stereocenters. The average molecular weight is 744 g/mol. The summed E-state index contributed by atoms with van der Waals surface area (Å²) in [5, 5.41) is 0. The zero-order chi connectivity index (χ0) is 25.4. The van der Waals surface area contributed by atoms with Crippen molar-refractivity contribution in [2.24, 2.45) is 5.73 Å². The predicted octanol–water partition coefficient (Wildman–Crippen LogP) is -2.30. The third-order valence-electron chi connectivity index (χ3n) is 5.04. The van der Waals surface area contributed by atoms with Crippen molar-refractivity contribution >= 4 is 17.8 Å². The molecule has 9 nitrogen and oxygen atoms in total. The molecule has 1 heterocycles. The Hall–Kier alpha value is -3.10. The number of ether oxygens (including phenoxy) is 5. The largest absolute Gasteiger partial charge is 2.00 e. The monoisotopic (exact) mass is 743 g/mol. The third kappa shape index (κ3) is 8.46. The van der Waals surface area contributed by atoms with Gasteiger partial charge in [0.2, 0.25) is 5.75 Å². The maximum atomic E-state index is 12.8. The quantitative estimate of drug-likeness (QED) is 0.106. The number of methoxy groups -OCH3 is 4. The predicted molar refractivity (Wildman–Crippen MR) is 130 cm³/mol. The standard InChI is InChI=1S/C26H26N2O7.2ClH.Pt/c1-31-21-10-6-16(11-22(21)35-26(30)17-7-8-19(14-27)28-15-17)5-9-20(29)18-12-23(32-2)25(34-4)24(13-18)33-3;;;/h5-13,15H,14,27H2,1-4H3;2*1H;/q;;;+2/p-2/b9-5+;;;. The number of hydrogen-bond acceptors (Lipinski definition) is 9. The molecule has 0 saturated heterocycles. The van der Waals surface area contributed by atoms with Gasteiger partial charge >= 0.3 is 27.0 Å².